The Kier molecular flexibility index (Phi) is 11.3. The molecule has 1 aliphatic heterocycles. The van der Waals surface area contributed by atoms with Gasteiger partial charge in [0.1, 0.15) is 18.3 Å². The van der Waals surface area contributed by atoms with Crippen LogP contribution in [-0.4, -0.2) is 38.3 Å². The molecule has 0 aromatic heterocycles. The average Bonchev–Trinajstić information content (AvgIpc) is 3.20. The van der Waals surface area contributed by atoms with E-state index in [2.05, 4.69) is 0 Å². The van der Waals surface area contributed by atoms with E-state index < -0.39 is 24.6 Å². The van der Waals surface area contributed by atoms with Crippen LogP contribution in [0.3, 0.4) is 0 Å². The Morgan fingerprint density at radius 3 is 1.53 bits per heavy atom. The highest BCUT2D eigenvalue weighted by Gasteiger charge is 2.47. The van der Waals surface area contributed by atoms with E-state index in [1.165, 1.54) is 0 Å². The second kappa shape index (κ2) is 14.2. The van der Waals surface area contributed by atoms with Crippen molar-refractivity contribution in [1.82, 2.24) is 0 Å². The zero-order valence-corrected chi connectivity index (χ0v) is 24.7. The molecule has 1 saturated heterocycles. The Bertz CT molecular complexity index is 1240. The minimum absolute atomic E-state index is 0.194. The third kappa shape index (κ3) is 7.90. The van der Waals surface area contributed by atoms with Crippen molar-refractivity contribution in [2.75, 3.05) is 13.7 Å². The van der Waals surface area contributed by atoms with Crippen molar-refractivity contribution < 1.29 is 23.7 Å². The maximum atomic E-state index is 6.37. The molecule has 0 radical (unpaired) electrons. The number of rotatable bonds is 11. The smallest absolute Gasteiger partial charge is 0.186 e. The molecule has 0 unspecified atom stereocenters. The van der Waals surface area contributed by atoms with E-state index in [1.807, 2.05) is 18.2 Å². The van der Waals surface area contributed by atoms with Gasteiger partial charge >= 0.3 is 0 Å². The van der Waals surface area contributed by atoms with Gasteiger partial charge in [-0.3, -0.25) is 0 Å². The fourth-order valence-electron chi connectivity index (χ4n) is 3.97. The number of hydrogen-bond donors (Lipinski definition) is 0. The van der Waals surface area contributed by atoms with Crippen LogP contribution in [0.2, 0.25) is 30.1 Å². The fourth-order valence-corrected chi connectivity index (χ4v) is 5.36. The number of halogens is 6. The van der Waals surface area contributed by atoms with Crippen LogP contribution < -0.4 is 0 Å². The standard InChI is InChI=1S/C27H24Cl6O5/c1-34-27-26(37-13-17-4-7-20(30)10-23(17)33)25(36-12-16-3-6-19(29)9-22(16)32)24(38-27)14-35-11-15-2-5-18(28)8-21(15)31/h2-10,24-27H,11-14H2,1H3/t24-,25+,26-,27+/m1/s1. The normalized spacial score (nSPS) is 21.2. The van der Waals surface area contributed by atoms with Crippen LogP contribution >= 0.6 is 69.6 Å². The molecule has 0 amide bonds. The molecule has 1 heterocycles. The Morgan fingerprint density at radius 1 is 0.632 bits per heavy atom. The lowest BCUT2D eigenvalue weighted by molar-refractivity contribution is -0.170. The first-order chi connectivity index (χ1) is 18.2. The minimum atomic E-state index is -0.709. The molecule has 1 fully saturated rings. The molecule has 204 valence electrons. The zero-order chi connectivity index (χ0) is 27.2. The molecule has 1 aliphatic rings. The fraction of sp³-hybridized carbons (Fsp3) is 0.333. The lowest BCUT2D eigenvalue weighted by atomic mass is 10.1. The van der Waals surface area contributed by atoms with Crippen LogP contribution in [0, 0.1) is 0 Å². The van der Waals surface area contributed by atoms with Crippen LogP contribution in [-0.2, 0) is 43.5 Å². The topological polar surface area (TPSA) is 46.2 Å². The minimum Gasteiger partial charge on any atom is -0.374 e. The molecule has 0 spiro atoms. The van der Waals surface area contributed by atoms with Gasteiger partial charge in [-0.15, -0.1) is 0 Å². The lowest BCUT2D eigenvalue weighted by Gasteiger charge is -2.25. The first kappa shape index (κ1) is 30.2. The summed E-state index contributed by atoms with van der Waals surface area (Å²) in [6.45, 7) is 0.843. The van der Waals surface area contributed by atoms with Crippen molar-refractivity contribution in [2.24, 2.45) is 0 Å². The predicted octanol–water partition coefficient (Wildman–Crippen LogP) is 8.67. The van der Waals surface area contributed by atoms with E-state index in [0.717, 1.165) is 16.7 Å². The Labute approximate surface area is 251 Å². The molecule has 4 atom stereocenters. The molecule has 3 aromatic carbocycles. The third-order valence-corrected chi connectivity index (χ3v) is 7.71. The summed E-state index contributed by atoms with van der Waals surface area (Å²) in [5.74, 6) is 0. The Morgan fingerprint density at radius 2 is 1.08 bits per heavy atom. The Balaban J connectivity index is 1.49. The van der Waals surface area contributed by atoms with Crippen molar-refractivity contribution in [1.29, 1.82) is 0 Å². The maximum absolute atomic E-state index is 6.37. The van der Waals surface area contributed by atoms with Crippen LogP contribution in [0.5, 0.6) is 0 Å². The third-order valence-electron chi connectivity index (χ3n) is 5.95. The zero-order valence-electron chi connectivity index (χ0n) is 20.1. The van der Waals surface area contributed by atoms with Gasteiger partial charge in [0.05, 0.1) is 26.4 Å². The lowest BCUT2D eigenvalue weighted by Crippen LogP contribution is -2.39. The monoisotopic (exact) mass is 638 g/mol. The number of ether oxygens (including phenoxy) is 5. The highest BCUT2D eigenvalue weighted by Crippen LogP contribution is 2.32. The van der Waals surface area contributed by atoms with Crippen molar-refractivity contribution in [2.45, 2.75) is 44.4 Å². The van der Waals surface area contributed by atoms with Gasteiger partial charge in [0.25, 0.3) is 0 Å². The van der Waals surface area contributed by atoms with E-state index in [4.69, 9.17) is 93.3 Å². The number of hydrogen-bond acceptors (Lipinski definition) is 5. The molecule has 38 heavy (non-hydrogen) atoms. The second-order valence-corrected chi connectivity index (χ2v) is 11.1. The summed E-state index contributed by atoms with van der Waals surface area (Å²) in [5, 5.41) is 3.14. The van der Waals surface area contributed by atoms with Gasteiger partial charge in [0.2, 0.25) is 0 Å². The van der Waals surface area contributed by atoms with E-state index in [9.17, 15) is 0 Å². The van der Waals surface area contributed by atoms with Gasteiger partial charge in [-0.25, -0.2) is 0 Å². The van der Waals surface area contributed by atoms with E-state index in [1.54, 1.807) is 43.5 Å². The van der Waals surface area contributed by atoms with Crippen LogP contribution in [0.1, 0.15) is 16.7 Å². The molecule has 5 nitrogen and oxygen atoms in total. The summed E-state index contributed by atoms with van der Waals surface area (Å²) in [7, 11) is 1.54. The van der Waals surface area contributed by atoms with Crippen LogP contribution in [0.15, 0.2) is 54.6 Å². The van der Waals surface area contributed by atoms with Crippen molar-refractivity contribution in [3.8, 4) is 0 Å². The summed E-state index contributed by atoms with van der Waals surface area (Å²) in [6.07, 6.45) is -2.37. The summed E-state index contributed by atoms with van der Waals surface area (Å²) in [6, 6.07) is 15.7. The molecule has 0 saturated carbocycles. The summed E-state index contributed by atoms with van der Waals surface area (Å²) >= 11 is 37.1. The number of methoxy groups -OCH3 is 1. The van der Waals surface area contributed by atoms with Gasteiger partial charge < -0.3 is 23.7 Å². The molecule has 11 heteroatoms. The molecule has 3 aromatic rings. The number of benzene rings is 3. The molecule has 0 bridgehead atoms. The second-order valence-electron chi connectivity index (χ2n) is 8.55. The predicted molar refractivity (Wildman–Crippen MR) is 152 cm³/mol. The van der Waals surface area contributed by atoms with Gasteiger partial charge in [-0.2, -0.15) is 0 Å². The first-order valence-electron chi connectivity index (χ1n) is 11.6. The van der Waals surface area contributed by atoms with Gasteiger partial charge in [-0.05, 0) is 53.1 Å². The average molecular weight is 641 g/mol. The molecule has 4 rings (SSSR count). The van der Waals surface area contributed by atoms with E-state index >= 15 is 0 Å². The summed E-state index contributed by atoms with van der Waals surface area (Å²) in [4.78, 5) is 0. The maximum Gasteiger partial charge on any atom is 0.186 e. The van der Waals surface area contributed by atoms with Crippen LogP contribution in [0.25, 0.3) is 0 Å². The molecular weight excluding hydrogens is 617 g/mol. The largest absolute Gasteiger partial charge is 0.374 e. The van der Waals surface area contributed by atoms with Gasteiger partial charge in [0, 0.05) is 37.2 Å². The Hall–Kier alpha value is -0.800. The van der Waals surface area contributed by atoms with Crippen molar-refractivity contribution in [3.63, 3.8) is 0 Å². The van der Waals surface area contributed by atoms with Crippen molar-refractivity contribution >= 4 is 69.6 Å². The summed E-state index contributed by atoms with van der Waals surface area (Å²) < 4.78 is 30.2. The van der Waals surface area contributed by atoms with Gasteiger partial charge in [0.15, 0.2) is 6.29 Å². The SMILES string of the molecule is CO[C@H]1O[C@H](COCc2ccc(Cl)cc2Cl)[C@H](OCc2ccc(Cl)cc2Cl)[C@H]1OCc1ccc(Cl)cc1Cl. The quantitative estimate of drug-likeness (QED) is 0.210. The first-order valence-corrected chi connectivity index (χ1v) is 13.8. The van der Waals surface area contributed by atoms with Crippen molar-refractivity contribution in [3.05, 3.63) is 101 Å². The van der Waals surface area contributed by atoms with E-state index in [0.29, 0.717) is 30.1 Å². The molecule has 0 N–H and O–H groups in total. The molecule has 0 aliphatic carbocycles. The molecular formula is C27H24Cl6O5. The van der Waals surface area contributed by atoms with Gasteiger partial charge in [-0.1, -0.05) is 87.8 Å². The van der Waals surface area contributed by atoms with Crippen LogP contribution in [0.4, 0.5) is 0 Å². The highest BCUT2D eigenvalue weighted by molar-refractivity contribution is 6.36. The summed E-state index contributed by atoms with van der Waals surface area (Å²) in [5.41, 5.74) is 2.33. The van der Waals surface area contributed by atoms with E-state index in [-0.39, 0.29) is 26.4 Å². The highest BCUT2D eigenvalue weighted by atomic mass is 35.5.